The van der Waals surface area contributed by atoms with Gasteiger partial charge < -0.3 is 4.74 Å². The minimum atomic E-state index is -0.226. The van der Waals surface area contributed by atoms with Gasteiger partial charge in [-0.2, -0.15) is 0 Å². The number of cyclic esters (lactones) is 1. The van der Waals surface area contributed by atoms with Crippen LogP contribution in [0.4, 0.5) is 0 Å². The Bertz CT molecular complexity index is 656. The van der Waals surface area contributed by atoms with Gasteiger partial charge in [0.25, 0.3) is 0 Å². The fourth-order valence-electron chi connectivity index (χ4n) is 2.75. The van der Waals surface area contributed by atoms with Crippen LogP contribution in [0, 0.1) is 6.92 Å². The van der Waals surface area contributed by atoms with Crippen molar-refractivity contribution in [3.05, 3.63) is 70.3 Å². The molecule has 1 aromatic carbocycles. The number of hydrogen-bond acceptors (Lipinski definition) is 2. The van der Waals surface area contributed by atoms with E-state index in [1.54, 1.807) is 0 Å². The van der Waals surface area contributed by atoms with Gasteiger partial charge >= 0.3 is 5.97 Å². The molecule has 128 valence electrons. The fourth-order valence-corrected chi connectivity index (χ4v) is 2.75. The molecule has 0 radical (unpaired) electrons. The number of allylic oxidation sites excluding steroid dienone is 4. The first kappa shape index (κ1) is 18.3. The maximum atomic E-state index is 12.0. The van der Waals surface area contributed by atoms with Crippen LogP contribution in [0.15, 0.2) is 59.2 Å². The lowest BCUT2D eigenvalue weighted by atomic mass is 10.0. The quantitative estimate of drug-likeness (QED) is 0.454. The van der Waals surface area contributed by atoms with E-state index in [1.165, 1.54) is 16.7 Å². The first-order chi connectivity index (χ1) is 11.5. The molecule has 0 aliphatic carbocycles. The molecule has 0 spiro atoms. The zero-order valence-electron chi connectivity index (χ0n) is 15.3. The van der Waals surface area contributed by atoms with Gasteiger partial charge in [0.15, 0.2) is 0 Å². The second kappa shape index (κ2) is 8.68. The molecule has 0 N–H and O–H groups in total. The van der Waals surface area contributed by atoms with Gasteiger partial charge in [-0.1, -0.05) is 53.1 Å². The van der Waals surface area contributed by atoms with Gasteiger partial charge in [0.2, 0.25) is 0 Å². The van der Waals surface area contributed by atoms with Crippen molar-refractivity contribution in [2.75, 3.05) is 0 Å². The van der Waals surface area contributed by atoms with E-state index in [0.717, 1.165) is 36.8 Å². The predicted molar refractivity (Wildman–Crippen MR) is 99.8 cm³/mol. The van der Waals surface area contributed by atoms with Crippen LogP contribution < -0.4 is 0 Å². The number of esters is 1. The third-order valence-corrected chi connectivity index (χ3v) is 4.25. The van der Waals surface area contributed by atoms with Gasteiger partial charge in [-0.3, -0.25) is 0 Å². The number of hydrogen-bond donors (Lipinski definition) is 0. The van der Waals surface area contributed by atoms with Crippen LogP contribution in [0.1, 0.15) is 63.7 Å². The van der Waals surface area contributed by atoms with Crippen LogP contribution in [0.25, 0.3) is 0 Å². The zero-order valence-corrected chi connectivity index (χ0v) is 15.3. The number of rotatable bonds is 7. The molecule has 1 aliphatic rings. The standard InChI is InChI=1S/C22H28O2/c1-16(2)7-5-8-17(3)9-6-10-20-15-21(24-22(20)23)19-13-11-18(4)12-14-19/h7,9,11-15,21H,5-6,8,10H2,1-4H3/b17-9+/t21-/m0/s1. The molecule has 2 rings (SSSR count). The predicted octanol–water partition coefficient (Wildman–Crippen LogP) is 5.99. The summed E-state index contributed by atoms with van der Waals surface area (Å²) in [6.07, 6.45) is 10.1. The summed E-state index contributed by atoms with van der Waals surface area (Å²) in [5, 5.41) is 0. The normalized spacial score (nSPS) is 17.5. The second-order valence-corrected chi connectivity index (χ2v) is 6.84. The van der Waals surface area contributed by atoms with E-state index in [4.69, 9.17) is 4.74 Å². The summed E-state index contributed by atoms with van der Waals surface area (Å²) in [6.45, 7) is 8.47. The molecular weight excluding hydrogens is 296 g/mol. The minimum absolute atomic E-state index is 0.170. The Kier molecular flexibility index (Phi) is 6.60. The summed E-state index contributed by atoms with van der Waals surface area (Å²) < 4.78 is 5.49. The monoisotopic (exact) mass is 324 g/mol. The summed E-state index contributed by atoms with van der Waals surface area (Å²) in [6, 6.07) is 8.15. The SMILES string of the molecule is CC(C)=CCC/C(C)=C/CCC1=C[C@@H](c2ccc(C)cc2)OC1=O. The number of benzene rings is 1. The Balaban J connectivity index is 1.87. The highest BCUT2D eigenvalue weighted by molar-refractivity contribution is 5.91. The average molecular weight is 324 g/mol. The van der Waals surface area contributed by atoms with Gasteiger partial charge in [-0.25, -0.2) is 4.79 Å². The van der Waals surface area contributed by atoms with E-state index in [0.29, 0.717) is 0 Å². The van der Waals surface area contributed by atoms with Crippen molar-refractivity contribution in [1.29, 1.82) is 0 Å². The molecule has 0 bridgehead atoms. The topological polar surface area (TPSA) is 26.3 Å². The third kappa shape index (κ3) is 5.52. The van der Waals surface area contributed by atoms with Crippen LogP contribution >= 0.6 is 0 Å². The Morgan fingerprint density at radius 3 is 2.46 bits per heavy atom. The van der Waals surface area contributed by atoms with Gasteiger partial charge in [-0.15, -0.1) is 0 Å². The van der Waals surface area contributed by atoms with Crippen molar-refractivity contribution in [3.8, 4) is 0 Å². The summed E-state index contributed by atoms with van der Waals surface area (Å²) >= 11 is 0. The molecule has 0 saturated carbocycles. The first-order valence-electron chi connectivity index (χ1n) is 8.73. The summed E-state index contributed by atoms with van der Waals surface area (Å²) in [5.74, 6) is -0.170. The number of carbonyl (C=O) groups is 1. The molecule has 24 heavy (non-hydrogen) atoms. The first-order valence-corrected chi connectivity index (χ1v) is 8.73. The molecule has 0 saturated heterocycles. The Hall–Kier alpha value is -2.09. The van der Waals surface area contributed by atoms with Gasteiger partial charge in [0.05, 0.1) is 0 Å². The highest BCUT2D eigenvalue weighted by atomic mass is 16.5. The molecule has 0 amide bonds. The van der Waals surface area contributed by atoms with Crippen molar-refractivity contribution in [1.82, 2.24) is 0 Å². The fraction of sp³-hybridized carbons (Fsp3) is 0.409. The number of aryl methyl sites for hydroxylation is 1. The van der Waals surface area contributed by atoms with E-state index >= 15 is 0 Å². The summed E-state index contributed by atoms with van der Waals surface area (Å²) in [4.78, 5) is 12.0. The van der Waals surface area contributed by atoms with Crippen molar-refractivity contribution in [2.45, 2.75) is 59.5 Å². The van der Waals surface area contributed by atoms with Crippen LogP contribution in [0.5, 0.6) is 0 Å². The Labute approximate surface area is 145 Å². The molecular formula is C22H28O2. The Morgan fingerprint density at radius 1 is 1.08 bits per heavy atom. The minimum Gasteiger partial charge on any atom is -0.450 e. The molecule has 0 unspecified atom stereocenters. The van der Waals surface area contributed by atoms with E-state index in [1.807, 2.05) is 30.3 Å². The summed E-state index contributed by atoms with van der Waals surface area (Å²) in [5.41, 5.74) is 5.80. The van der Waals surface area contributed by atoms with Gasteiger partial charge in [-0.05, 0) is 65.0 Å². The van der Waals surface area contributed by atoms with Crippen molar-refractivity contribution in [3.63, 3.8) is 0 Å². The smallest absolute Gasteiger partial charge is 0.334 e. The van der Waals surface area contributed by atoms with Crippen molar-refractivity contribution in [2.24, 2.45) is 0 Å². The molecule has 2 nitrogen and oxygen atoms in total. The molecule has 1 aliphatic heterocycles. The van der Waals surface area contributed by atoms with Crippen molar-refractivity contribution < 1.29 is 9.53 Å². The number of ether oxygens (including phenoxy) is 1. The molecule has 1 atom stereocenters. The molecule has 1 heterocycles. The maximum Gasteiger partial charge on any atom is 0.334 e. The van der Waals surface area contributed by atoms with E-state index in [2.05, 4.69) is 39.8 Å². The highest BCUT2D eigenvalue weighted by Gasteiger charge is 2.25. The highest BCUT2D eigenvalue weighted by Crippen LogP contribution is 2.30. The van der Waals surface area contributed by atoms with E-state index in [-0.39, 0.29) is 12.1 Å². The van der Waals surface area contributed by atoms with Crippen LogP contribution in [0.2, 0.25) is 0 Å². The van der Waals surface area contributed by atoms with Gasteiger partial charge in [0, 0.05) is 5.57 Å². The van der Waals surface area contributed by atoms with E-state index in [9.17, 15) is 4.79 Å². The largest absolute Gasteiger partial charge is 0.450 e. The third-order valence-electron chi connectivity index (χ3n) is 4.25. The second-order valence-electron chi connectivity index (χ2n) is 6.84. The Morgan fingerprint density at radius 2 is 1.79 bits per heavy atom. The molecule has 0 aromatic heterocycles. The molecule has 0 fully saturated rings. The van der Waals surface area contributed by atoms with Gasteiger partial charge in [0.1, 0.15) is 6.10 Å². The molecule has 2 heteroatoms. The average Bonchev–Trinajstić information content (AvgIpc) is 2.89. The van der Waals surface area contributed by atoms with Crippen LogP contribution in [0.3, 0.4) is 0 Å². The van der Waals surface area contributed by atoms with Crippen molar-refractivity contribution >= 4 is 5.97 Å². The van der Waals surface area contributed by atoms with Crippen LogP contribution in [-0.2, 0) is 9.53 Å². The lowest BCUT2D eigenvalue weighted by Crippen LogP contribution is -2.02. The lowest BCUT2D eigenvalue weighted by molar-refractivity contribution is -0.140. The summed E-state index contributed by atoms with van der Waals surface area (Å²) in [7, 11) is 0. The van der Waals surface area contributed by atoms with Crippen LogP contribution in [-0.4, -0.2) is 5.97 Å². The maximum absolute atomic E-state index is 12.0. The zero-order chi connectivity index (χ0) is 17.5. The number of carbonyl (C=O) groups excluding carboxylic acids is 1. The van der Waals surface area contributed by atoms with E-state index < -0.39 is 0 Å². The molecule has 1 aromatic rings. The lowest BCUT2D eigenvalue weighted by Gasteiger charge is -2.08.